The molecule has 0 unspecified atom stereocenters. The molecule has 2 aliphatic rings. The Morgan fingerprint density at radius 3 is 2.81 bits per heavy atom. The van der Waals surface area contributed by atoms with Crippen molar-refractivity contribution >= 4 is 17.5 Å². The number of nitrogens with one attached hydrogen (secondary N) is 1. The Morgan fingerprint density at radius 2 is 2.00 bits per heavy atom. The van der Waals surface area contributed by atoms with Crippen molar-refractivity contribution in [2.75, 3.05) is 49.7 Å². The highest BCUT2D eigenvalue weighted by molar-refractivity contribution is 5.92. The van der Waals surface area contributed by atoms with Gasteiger partial charge in [-0.2, -0.15) is 0 Å². The largest absolute Gasteiger partial charge is 0.454 e. The lowest BCUT2D eigenvalue weighted by Crippen LogP contribution is -2.49. The summed E-state index contributed by atoms with van der Waals surface area (Å²) >= 11 is 0. The minimum atomic E-state index is -0.0210. The molecule has 0 radical (unpaired) electrons. The van der Waals surface area contributed by atoms with Gasteiger partial charge in [0, 0.05) is 56.9 Å². The number of hydrogen-bond donors (Lipinski definition) is 1. The molecule has 0 aliphatic carbocycles. The number of nitrogens with zero attached hydrogens (tertiary/aromatic N) is 4. The van der Waals surface area contributed by atoms with Gasteiger partial charge in [-0.3, -0.25) is 9.69 Å². The van der Waals surface area contributed by atoms with Crippen molar-refractivity contribution < 1.29 is 14.3 Å². The van der Waals surface area contributed by atoms with Crippen LogP contribution in [0.4, 0.5) is 11.6 Å². The quantitative estimate of drug-likeness (QED) is 0.872. The van der Waals surface area contributed by atoms with Crippen molar-refractivity contribution in [3.05, 3.63) is 30.6 Å². The average Bonchev–Trinajstić information content (AvgIpc) is 3.30. The van der Waals surface area contributed by atoms with Gasteiger partial charge >= 0.3 is 0 Å². The fourth-order valence-electron chi connectivity index (χ4n) is 3.32. The first-order chi connectivity index (χ1) is 12.7. The van der Waals surface area contributed by atoms with E-state index in [1.807, 2.05) is 24.5 Å². The van der Waals surface area contributed by atoms with Crippen molar-refractivity contribution in [3.63, 3.8) is 0 Å². The summed E-state index contributed by atoms with van der Waals surface area (Å²) in [6.07, 6.45) is 3.84. The average molecular weight is 357 g/mol. The second kappa shape index (κ2) is 7.25. The van der Waals surface area contributed by atoms with Gasteiger partial charge in [-0.15, -0.1) is 0 Å². The molecule has 2 aromatic rings. The summed E-state index contributed by atoms with van der Waals surface area (Å²) in [7, 11) is 0. The zero-order chi connectivity index (χ0) is 17.9. The monoisotopic (exact) mass is 357 g/mol. The highest BCUT2D eigenvalue weighted by Gasteiger charge is 2.22. The van der Waals surface area contributed by atoms with Crippen LogP contribution in [0.2, 0.25) is 0 Å². The van der Waals surface area contributed by atoms with Crippen LogP contribution in [-0.2, 0) is 11.3 Å². The van der Waals surface area contributed by atoms with E-state index in [0.717, 1.165) is 44.4 Å². The highest BCUT2D eigenvalue weighted by Crippen LogP contribution is 2.34. The van der Waals surface area contributed by atoms with E-state index in [1.165, 1.54) is 0 Å². The predicted molar refractivity (Wildman–Crippen MR) is 97.7 cm³/mol. The van der Waals surface area contributed by atoms with E-state index >= 15 is 0 Å². The van der Waals surface area contributed by atoms with Crippen LogP contribution in [0, 0.1) is 0 Å². The summed E-state index contributed by atoms with van der Waals surface area (Å²) in [4.78, 5) is 21.2. The van der Waals surface area contributed by atoms with E-state index in [-0.39, 0.29) is 12.7 Å². The number of anilines is 2. The van der Waals surface area contributed by atoms with E-state index < -0.39 is 0 Å². The molecule has 0 spiro atoms. The van der Waals surface area contributed by atoms with Crippen LogP contribution in [0.1, 0.15) is 6.92 Å². The Bertz CT molecular complexity index is 783. The number of fused-ring (bicyclic) bond motifs is 1. The molecule has 1 amide bonds. The maximum absolute atomic E-state index is 12.3. The van der Waals surface area contributed by atoms with Gasteiger partial charge in [-0.05, 0) is 19.1 Å². The second-order valence-electron chi connectivity index (χ2n) is 6.39. The summed E-state index contributed by atoms with van der Waals surface area (Å²) in [5.41, 5.74) is 0.725. The first-order valence-electron chi connectivity index (χ1n) is 8.91. The number of piperazine rings is 1. The number of ether oxygens (including phenoxy) is 2. The SMILES string of the molecule is CCn1ccnc1N1CCN(CC(=O)Nc2ccc3c(c2)OCO3)CC1. The van der Waals surface area contributed by atoms with Gasteiger partial charge in [0.15, 0.2) is 11.5 Å². The van der Waals surface area contributed by atoms with Crippen LogP contribution in [0.5, 0.6) is 11.5 Å². The predicted octanol–water partition coefficient (Wildman–Crippen LogP) is 1.39. The fraction of sp³-hybridized carbons (Fsp3) is 0.444. The van der Waals surface area contributed by atoms with Crippen LogP contribution in [0.15, 0.2) is 30.6 Å². The van der Waals surface area contributed by atoms with E-state index in [2.05, 4.69) is 31.6 Å². The van der Waals surface area contributed by atoms with E-state index in [9.17, 15) is 4.79 Å². The molecule has 138 valence electrons. The number of aryl methyl sites for hydroxylation is 1. The van der Waals surface area contributed by atoms with Crippen molar-refractivity contribution in [3.8, 4) is 11.5 Å². The Kier molecular flexibility index (Phi) is 4.66. The molecule has 3 heterocycles. The molecule has 8 nitrogen and oxygen atoms in total. The summed E-state index contributed by atoms with van der Waals surface area (Å²) < 4.78 is 12.8. The molecular weight excluding hydrogens is 334 g/mol. The molecule has 1 N–H and O–H groups in total. The highest BCUT2D eigenvalue weighted by atomic mass is 16.7. The Morgan fingerprint density at radius 1 is 1.19 bits per heavy atom. The summed E-state index contributed by atoms with van der Waals surface area (Å²) in [5.74, 6) is 2.37. The molecule has 4 rings (SSSR count). The Balaban J connectivity index is 1.28. The van der Waals surface area contributed by atoms with Crippen LogP contribution >= 0.6 is 0 Å². The van der Waals surface area contributed by atoms with E-state index in [1.54, 1.807) is 6.07 Å². The standard InChI is InChI=1S/C18H23N5O3/c1-2-22-6-5-19-18(22)23-9-7-21(8-10-23)12-17(24)20-14-3-4-15-16(11-14)26-13-25-15/h3-6,11H,2,7-10,12-13H2,1H3,(H,20,24). The maximum Gasteiger partial charge on any atom is 0.238 e. The molecule has 2 aliphatic heterocycles. The minimum absolute atomic E-state index is 0.0210. The van der Waals surface area contributed by atoms with Crippen LogP contribution in [0.3, 0.4) is 0 Å². The van der Waals surface area contributed by atoms with Crippen LogP contribution < -0.4 is 19.7 Å². The van der Waals surface area contributed by atoms with Crippen molar-refractivity contribution in [2.45, 2.75) is 13.5 Å². The third-order valence-electron chi connectivity index (χ3n) is 4.71. The van der Waals surface area contributed by atoms with E-state index in [4.69, 9.17) is 9.47 Å². The van der Waals surface area contributed by atoms with Gasteiger partial charge in [0.2, 0.25) is 18.6 Å². The number of amides is 1. The lowest BCUT2D eigenvalue weighted by molar-refractivity contribution is -0.117. The van der Waals surface area contributed by atoms with Gasteiger partial charge in [0.1, 0.15) is 0 Å². The summed E-state index contributed by atoms with van der Waals surface area (Å²) in [6.45, 7) is 7.05. The number of hydrogen-bond acceptors (Lipinski definition) is 6. The van der Waals surface area contributed by atoms with Crippen molar-refractivity contribution in [2.24, 2.45) is 0 Å². The second-order valence-corrected chi connectivity index (χ2v) is 6.39. The van der Waals surface area contributed by atoms with Crippen molar-refractivity contribution in [1.82, 2.24) is 14.5 Å². The summed E-state index contributed by atoms with van der Waals surface area (Å²) in [5, 5.41) is 2.93. The van der Waals surface area contributed by atoms with Gasteiger partial charge in [0.25, 0.3) is 0 Å². The number of carbonyl (C=O) groups excluding carboxylic acids is 1. The number of rotatable bonds is 5. The minimum Gasteiger partial charge on any atom is -0.454 e. The molecule has 0 saturated carbocycles. The molecule has 26 heavy (non-hydrogen) atoms. The fourth-order valence-corrected chi connectivity index (χ4v) is 3.32. The molecule has 1 saturated heterocycles. The molecule has 1 aromatic heterocycles. The molecule has 1 aromatic carbocycles. The first kappa shape index (κ1) is 16.7. The van der Waals surface area contributed by atoms with Crippen molar-refractivity contribution in [1.29, 1.82) is 0 Å². The third kappa shape index (κ3) is 3.45. The zero-order valence-electron chi connectivity index (χ0n) is 14.9. The Hall–Kier alpha value is -2.74. The molecule has 0 atom stereocenters. The van der Waals surface area contributed by atoms with Gasteiger partial charge in [-0.1, -0.05) is 0 Å². The normalized spacial score (nSPS) is 16.7. The molecule has 1 fully saturated rings. The lowest BCUT2D eigenvalue weighted by atomic mass is 10.2. The lowest BCUT2D eigenvalue weighted by Gasteiger charge is -2.35. The van der Waals surface area contributed by atoms with Crippen LogP contribution in [0.25, 0.3) is 0 Å². The van der Waals surface area contributed by atoms with Gasteiger partial charge in [-0.25, -0.2) is 4.98 Å². The Labute approximate surface area is 152 Å². The number of benzene rings is 1. The topological polar surface area (TPSA) is 71.9 Å². The van der Waals surface area contributed by atoms with E-state index in [0.29, 0.717) is 18.0 Å². The van der Waals surface area contributed by atoms with Gasteiger partial charge in [0.05, 0.1) is 6.54 Å². The molecule has 8 heteroatoms. The van der Waals surface area contributed by atoms with Crippen LogP contribution in [-0.4, -0.2) is 59.9 Å². The van der Waals surface area contributed by atoms with Gasteiger partial charge < -0.3 is 24.3 Å². The third-order valence-corrected chi connectivity index (χ3v) is 4.71. The molecular formula is C18H23N5O3. The first-order valence-corrected chi connectivity index (χ1v) is 8.91. The molecule has 0 bridgehead atoms. The number of imidazole rings is 1. The smallest absolute Gasteiger partial charge is 0.238 e. The number of aromatic nitrogens is 2. The zero-order valence-corrected chi connectivity index (χ0v) is 14.9. The summed E-state index contributed by atoms with van der Waals surface area (Å²) in [6, 6.07) is 5.43. The number of carbonyl (C=O) groups is 1. The maximum atomic E-state index is 12.3.